The van der Waals surface area contributed by atoms with Crippen LogP contribution in [0.4, 0.5) is 0 Å². The molecule has 1 aromatic rings. The zero-order valence-corrected chi connectivity index (χ0v) is 12.5. The highest BCUT2D eigenvalue weighted by atomic mass is 32.2. The number of carboxylic acids is 1. The van der Waals surface area contributed by atoms with Gasteiger partial charge in [-0.1, -0.05) is 6.92 Å². The van der Waals surface area contributed by atoms with Crippen LogP contribution in [0.15, 0.2) is 16.3 Å². The Bertz CT molecular complexity index is 578. The van der Waals surface area contributed by atoms with E-state index in [-0.39, 0.29) is 21.9 Å². The number of rotatable bonds is 4. The molecule has 2 unspecified atom stereocenters. The summed E-state index contributed by atoms with van der Waals surface area (Å²) in [6.45, 7) is 3.83. The highest BCUT2D eigenvalue weighted by Gasteiger charge is 2.40. The first-order valence-corrected chi connectivity index (χ1v) is 8.55. The molecule has 0 aliphatic carbocycles. The van der Waals surface area contributed by atoms with Crippen LogP contribution in [0.3, 0.4) is 0 Å². The fourth-order valence-corrected chi connectivity index (χ4v) is 5.82. The molecule has 0 amide bonds. The molecule has 0 saturated carbocycles. The van der Waals surface area contributed by atoms with E-state index in [9.17, 15) is 13.2 Å². The summed E-state index contributed by atoms with van der Waals surface area (Å²) in [5.41, 5.74) is 0. The fourth-order valence-electron chi connectivity index (χ4n) is 2.64. The van der Waals surface area contributed by atoms with Crippen LogP contribution in [0.1, 0.15) is 42.8 Å². The number of sulfonamides is 1. The molecule has 2 rings (SSSR count). The maximum absolute atomic E-state index is 12.7. The van der Waals surface area contributed by atoms with Crippen molar-refractivity contribution in [1.29, 1.82) is 0 Å². The normalized spacial score (nSPS) is 24.7. The van der Waals surface area contributed by atoms with Crippen molar-refractivity contribution in [2.45, 2.75) is 50.1 Å². The zero-order chi connectivity index (χ0) is 14.2. The van der Waals surface area contributed by atoms with Crippen LogP contribution in [0.5, 0.6) is 0 Å². The van der Waals surface area contributed by atoms with Gasteiger partial charge in [-0.25, -0.2) is 13.2 Å². The maximum Gasteiger partial charge on any atom is 0.347 e. The van der Waals surface area contributed by atoms with E-state index in [0.717, 1.165) is 30.6 Å². The lowest BCUT2D eigenvalue weighted by molar-refractivity contribution is 0.0698. The van der Waals surface area contributed by atoms with Crippen molar-refractivity contribution in [3.63, 3.8) is 0 Å². The molecule has 0 spiro atoms. The van der Waals surface area contributed by atoms with E-state index in [0.29, 0.717) is 0 Å². The Kier molecular flexibility index (Phi) is 3.98. The Balaban J connectivity index is 2.47. The summed E-state index contributed by atoms with van der Waals surface area (Å²) in [6, 6.07) is 1.29. The molecule has 1 N–H and O–H groups in total. The molecule has 0 aromatic carbocycles. The number of thiophene rings is 1. The van der Waals surface area contributed by atoms with E-state index in [1.54, 1.807) is 0 Å². The molecule has 2 atom stereocenters. The van der Waals surface area contributed by atoms with E-state index in [1.807, 2.05) is 13.8 Å². The zero-order valence-electron chi connectivity index (χ0n) is 10.9. The Hall–Kier alpha value is -0.920. The highest BCUT2D eigenvalue weighted by molar-refractivity contribution is 7.89. The molecule has 1 saturated heterocycles. The molecule has 1 aliphatic rings. The summed E-state index contributed by atoms with van der Waals surface area (Å²) in [4.78, 5) is 10.9. The van der Waals surface area contributed by atoms with Gasteiger partial charge in [-0.15, -0.1) is 11.3 Å². The average Bonchev–Trinajstić information content (AvgIpc) is 2.94. The lowest BCUT2D eigenvalue weighted by atomic mass is 10.2. The number of hydrogen-bond acceptors (Lipinski definition) is 4. The predicted octanol–water partition coefficient (Wildman–Crippen LogP) is 2.40. The van der Waals surface area contributed by atoms with Crippen LogP contribution in [0.25, 0.3) is 0 Å². The van der Waals surface area contributed by atoms with Crippen molar-refractivity contribution in [2.24, 2.45) is 0 Å². The van der Waals surface area contributed by atoms with Crippen LogP contribution in [-0.4, -0.2) is 35.9 Å². The topological polar surface area (TPSA) is 74.7 Å². The smallest absolute Gasteiger partial charge is 0.347 e. The van der Waals surface area contributed by atoms with Gasteiger partial charge < -0.3 is 5.11 Å². The molecule has 1 aliphatic heterocycles. The molecule has 2 heterocycles. The van der Waals surface area contributed by atoms with Gasteiger partial charge in [0.05, 0.1) is 0 Å². The van der Waals surface area contributed by atoms with E-state index in [4.69, 9.17) is 5.11 Å². The van der Waals surface area contributed by atoms with Crippen LogP contribution in [0.2, 0.25) is 0 Å². The molecule has 0 radical (unpaired) electrons. The van der Waals surface area contributed by atoms with Gasteiger partial charge in [-0.3, -0.25) is 0 Å². The first-order chi connectivity index (χ1) is 8.89. The Morgan fingerprint density at radius 2 is 2.21 bits per heavy atom. The van der Waals surface area contributed by atoms with Crippen LogP contribution >= 0.6 is 11.3 Å². The number of hydrogen-bond donors (Lipinski definition) is 1. The predicted molar refractivity (Wildman–Crippen MR) is 73.1 cm³/mol. The number of carbonyl (C=O) groups is 1. The quantitative estimate of drug-likeness (QED) is 0.927. The third-order valence-corrected chi connectivity index (χ3v) is 6.70. The minimum absolute atomic E-state index is 0.0263. The lowest BCUT2D eigenvalue weighted by Gasteiger charge is -2.26. The van der Waals surface area contributed by atoms with E-state index < -0.39 is 16.0 Å². The summed E-state index contributed by atoms with van der Waals surface area (Å²) in [5.74, 6) is -1.19. The molecule has 5 nitrogen and oxygen atoms in total. The Morgan fingerprint density at radius 3 is 2.79 bits per heavy atom. The van der Waals surface area contributed by atoms with Gasteiger partial charge in [-0.2, -0.15) is 4.31 Å². The van der Waals surface area contributed by atoms with Gasteiger partial charge in [0.15, 0.2) is 0 Å². The molecule has 19 heavy (non-hydrogen) atoms. The molecule has 1 fully saturated rings. The van der Waals surface area contributed by atoms with Crippen molar-refractivity contribution < 1.29 is 18.3 Å². The van der Waals surface area contributed by atoms with Crippen molar-refractivity contribution in [3.05, 3.63) is 16.3 Å². The van der Waals surface area contributed by atoms with Crippen molar-refractivity contribution >= 4 is 27.3 Å². The SMILES string of the molecule is CCC1CCC(C)N1S(=O)(=O)c1ccsc1C(=O)O. The standard InChI is InChI=1S/C12H17NO4S2/c1-3-9-5-4-8(2)13(9)19(16,17)10-6-7-18-11(10)12(14)15/h6-9H,3-5H2,1-2H3,(H,14,15). The van der Waals surface area contributed by atoms with Crippen molar-refractivity contribution in [2.75, 3.05) is 0 Å². The highest BCUT2D eigenvalue weighted by Crippen LogP contribution is 2.34. The Morgan fingerprint density at radius 1 is 1.53 bits per heavy atom. The monoisotopic (exact) mass is 303 g/mol. The first-order valence-electron chi connectivity index (χ1n) is 6.24. The minimum atomic E-state index is -3.72. The van der Waals surface area contributed by atoms with Crippen molar-refractivity contribution in [1.82, 2.24) is 4.31 Å². The third-order valence-electron chi connectivity index (χ3n) is 3.56. The fraction of sp³-hybridized carbons (Fsp3) is 0.583. The van der Waals surface area contributed by atoms with Gasteiger partial charge in [0.25, 0.3) is 0 Å². The lowest BCUT2D eigenvalue weighted by Crippen LogP contribution is -2.39. The minimum Gasteiger partial charge on any atom is -0.477 e. The molecule has 1 aromatic heterocycles. The Labute approximate surface area is 116 Å². The van der Waals surface area contributed by atoms with E-state index >= 15 is 0 Å². The summed E-state index contributed by atoms with van der Waals surface area (Å²) in [7, 11) is -3.72. The first kappa shape index (κ1) is 14.5. The van der Waals surface area contributed by atoms with Crippen LogP contribution in [-0.2, 0) is 10.0 Å². The van der Waals surface area contributed by atoms with Crippen LogP contribution < -0.4 is 0 Å². The number of aromatic carboxylic acids is 1. The molecule has 0 bridgehead atoms. The molecular formula is C12H17NO4S2. The number of carboxylic acid groups (broad SMARTS) is 1. The summed E-state index contributed by atoms with van der Waals surface area (Å²) in [5, 5.41) is 10.6. The van der Waals surface area contributed by atoms with E-state index in [2.05, 4.69) is 0 Å². The third kappa shape index (κ3) is 2.42. The summed E-state index contributed by atoms with van der Waals surface area (Å²) in [6.07, 6.45) is 2.41. The molecular weight excluding hydrogens is 286 g/mol. The summed E-state index contributed by atoms with van der Waals surface area (Å²) >= 11 is 0.948. The van der Waals surface area contributed by atoms with Gasteiger partial charge in [0.1, 0.15) is 9.77 Å². The summed E-state index contributed by atoms with van der Waals surface area (Å²) < 4.78 is 26.8. The van der Waals surface area contributed by atoms with Crippen LogP contribution in [0, 0.1) is 0 Å². The van der Waals surface area contributed by atoms with E-state index in [1.165, 1.54) is 15.8 Å². The number of nitrogens with zero attached hydrogens (tertiary/aromatic N) is 1. The second-order valence-corrected chi connectivity index (χ2v) is 7.47. The average molecular weight is 303 g/mol. The second kappa shape index (κ2) is 5.22. The largest absolute Gasteiger partial charge is 0.477 e. The molecule has 7 heteroatoms. The van der Waals surface area contributed by atoms with Gasteiger partial charge in [0, 0.05) is 12.1 Å². The van der Waals surface area contributed by atoms with Crippen molar-refractivity contribution in [3.8, 4) is 0 Å². The second-order valence-electron chi connectivity index (χ2n) is 4.74. The van der Waals surface area contributed by atoms with Gasteiger partial charge in [0.2, 0.25) is 10.0 Å². The van der Waals surface area contributed by atoms with Gasteiger partial charge >= 0.3 is 5.97 Å². The maximum atomic E-state index is 12.7. The molecule has 106 valence electrons. The van der Waals surface area contributed by atoms with Gasteiger partial charge in [-0.05, 0) is 37.6 Å².